The summed E-state index contributed by atoms with van der Waals surface area (Å²) in [6.07, 6.45) is 1.43. The number of fused-ring (bicyclic) bond motifs is 2. The van der Waals surface area contributed by atoms with E-state index in [9.17, 15) is 0 Å². The van der Waals surface area contributed by atoms with E-state index in [2.05, 4.69) is 20.4 Å². The number of benzene rings is 2. The normalized spacial score (nSPS) is 12.3. The van der Waals surface area contributed by atoms with Gasteiger partial charge in [-0.1, -0.05) is 17.3 Å². The van der Waals surface area contributed by atoms with Crippen molar-refractivity contribution in [3.63, 3.8) is 0 Å². The van der Waals surface area contributed by atoms with E-state index in [1.54, 1.807) is 7.11 Å². The van der Waals surface area contributed by atoms with Gasteiger partial charge in [-0.15, -0.1) is 0 Å². The maximum Gasteiger partial charge on any atom is 0.263 e. The van der Waals surface area contributed by atoms with Crippen molar-refractivity contribution < 1.29 is 18.7 Å². The minimum atomic E-state index is 0.222. The van der Waals surface area contributed by atoms with Gasteiger partial charge in [0.05, 0.1) is 7.11 Å². The zero-order valence-electron chi connectivity index (χ0n) is 14.3. The highest BCUT2D eigenvalue weighted by Gasteiger charge is 2.20. The molecule has 1 aliphatic rings. The van der Waals surface area contributed by atoms with Gasteiger partial charge in [-0.3, -0.25) is 0 Å². The monoisotopic (exact) mass is 362 g/mol. The first-order valence-corrected chi connectivity index (χ1v) is 8.24. The van der Waals surface area contributed by atoms with Crippen molar-refractivity contribution in [3.05, 3.63) is 48.8 Å². The maximum atomic E-state index is 5.45. The number of rotatable bonds is 4. The molecule has 0 atom stereocenters. The molecule has 0 amide bonds. The van der Waals surface area contributed by atoms with E-state index in [1.165, 1.54) is 6.33 Å². The number of nitrogens with one attached hydrogen (secondary N) is 1. The summed E-state index contributed by atoms with van der Waals surface area (Å²) in [5.41, 5.74) is 2.58. The summed E-state index contributed by atoms with van der Waals surface area (Å²) in [5.74, 6) is 2.65. The van der Waals surface area contributed by atoms with Gasteiger partial charge in [0.25, 0.3) is 5.71 Å². The molecule has 0 fully saturated rings. The third kappa shape index (κ3) is 2.58. The summed E-state index contributed by atoms with van der Waals surface area (Å²) in [6, 6.07) is 13.2. The third-order valence-corrected chi connectivity index (χ3v) is 4.27. The van der Waals surface area contributed by atoms with Crippen LogP contribution in [0, 0.1) is 0 Å². The van der Waals surface area contributed by atoms with Crippen molar-refractivity contribution in [1.29, 1.82) is 0 Å². The summed E-state index contributed by atoms with van der Waals surface area (Å²) in [6.45, 7) is 0.222. The molecule has 134 valence electrons. The number of hydrogen-bond donors (Lipinski definition) is 1. The molecule has 2 aromatic carbocycles. The van der Waals surface area contributed by atoms with E-state index in [0.29, 0.717) is 39.9 Å². The lowest BCUT2D eigenvalue weighted by Gasteiger charge is -2.09. The van der Waals surface area contributed by atoms with E-state index in [1.807, 2.05) is 42.5 Å². The number of nitrogens with zero attached hydrogens (tertiary/aromatic N) is 3. The van der Waals surface area contributed by atoms with Crippen molar-refractivity contribution in [2.45, 2.75) is 0 Å². The smallest absolute Gasteiger partial charge is 0.263 e. The molecular formula is C19H14N4O4. The molecule has 0 unspecified atom stereocenters. The molecule has 0 aliphatic carbocycles. The van der Waals surface area contributed by atoms with Crippen molar-refractivity contribution in [2.75, 3.05) is 19.2 Å². The second-order valence-electron chi connectivity index (χ2n) is 5.83. The summed E-state index contributed by atoms with van der Waals surface area (Å²) < 4.78 is 21.6. The van der Waals surface area contributed by atoms with Gasteiger partial charge < -0.3 is 24.1 Å². The lowest BCUT2D eigenvalue weighted by atomic mass is 10.1. The Balaban J connectivity index is 1.62. The predicted octanol–water partition coefficient (Wildman–Crippen LogP) is 3.77. The molecule has 1 aliphatic heterocycles. The Morgan fingerprint density at radius 2 is 1.93 bits per heavy atom. The summed E-state index contributed by atoms with van der Waals surface area (Å²) in [5, 5.41) is 8.14. The highest BCUT2D eigenvalue weighted by Crippen LogP contribution is 2.39. The van der Waals surface area contributed by atoms with Crippen LogP contribution in [0.15, 0.2) is 53.3 Å². The van der Waals surface area contributed by atoms with Crippen molar-refractivity contribution >= 4 is 22.6 Å². The van der Waals surface area contributed by atoms with Crippen LogP contribution in [0.1, 0.15) is 0 Å². The van der Waals surface area contributed by atoms with Crippen LogP contribution in [-0.2, 0) is 0 Å². The van der Waals surface area contributed by atoms with Gasteiger partial charge in [0.15, 0.2) is 11.5 Å². The Morgan fingerprint density at radius 3 is 2.85 bits per heavy atom. The molecule has 2 aromatic heterocycles. The minimum Gasteiger partial charge on any atom is -0.496 e. The number of hydrogen-bond acceptors (Lipinski definition) is 8. The number of aromatic nitrogens is 3. The van der Waals surface area contributed by atoms with Gasteiger partial charge in [0.1, 0.15) is 29.0 Å². The van der Waals surface area contributed by atoms with E-state index < -0.39 is 0 Å². The van der Waals surface area contributed by atoms with E-state index in [0.717, 1.165) is 11.3 Å². The van der Waals surface area contributed by atoms with Crippen molar-refractivity contribution in [2.24, 2.45) is 0 Å². The Morgan fingerprint density at radius 1 is 1.04 bits per heavy atom. The molecule has 5 rings (SSSR count). The molecule has 4 aromatic rings. The van der Waals surface area contributed by atoms with Gasteiger partial charge in [-0.25, -0.2) is 4.98 Å². The fourth-order valence-corrected chi connectivity index (χ4v) is 3.02. The first-order valence-electron chi connectivity index (χ1n) is 8.24. The Hall–Kier alpha value is -3.81. The third-order valence-electron chi connectivity index (χ3n) is 4.27. The van der Waals surface area contributed by atoms with Gasteiger partial charge in [-0.2, -0.15) is 4.98 Å². The summed E-state index contributed by atoms with van der Waals surface area (Å²) >= 11 is 0. The molecule has 27 heavy (non-hydrogen) atoms. The van der Waals surface area contributed by atoms with Crippen LogP contribution in [0.25, 0.3) is 22.4 Å². The molecular weight excluding hydrogens is 348 g/mol. The van der Waals surface area contributed by atoms with Crippen LogP contribution in [0.4, 0.5) is 11.5 Å². The largest absolute Gasteiger partial charge is 0.496 e. The predicted molar refractivity (Wildman–Crippen MR) is 97.4 cm³/mol. The highest BCUT2D eigenvalue weighted by molar-refractivity contribution is 5.99. The Labute approximate surface area is 153 Å². The molecule has 0 radical (unpaired) electrons. The average molecular weight is 362 g/mol. The molecule has 0 saturated carbocycles. The number of ether oxygens (including phenoxy) is 3. The van der Waals surface area contributed by atoms with Crippen LogP contribution in [0.5, 0.6) is 17.2 Å². The van der Waals surface area contributed by atoms with Gasteiger partial charge >= 0.3 is 0 Å². The lowest BCUT2D eigenvalue weighted by Crippen LogP contribution is -1.96. The number of anilines is 2. The fraction of sp³-hybridized carbons (Fsp3) is 0.105. The second kappa shape index (κ2) is 6.17. The summed E-state index contributed by atoms with van der Waals surface area (Å²) in [4.78, 5) is 8.55. The Kier molecular flexibility index (Phi) is 3.53. The highest BCUT2D eigenvalue weighted by atomic mass is 16.7. The quantitative estimate of drug-likeness (QED) is 0.587. The van der Waals surface area contributed by atoms with Crippen molar-refractivity contribution in [3.8, 4) is 28.5 Å². The standard InChI is InChI=1S/C19H14N4O4/c1-24-13-5-3-2-4-12(13)17-16-18(20-9-21-19(16)27-23-17)22-11-6-7-14-15(8-11)26-10-25-14/h2-9H,10H2,1H3,(H,20,21,22). The first-order chi connectivity index (χ1) is 13.3. The molecule has 0 saturated heterocycles. The zero-order chi connectivity index (χ0) is 18.2. The SMILES string of the molecule is COc1ccccc1-c1noc2ncnc(Nc3ccc4c(c3)OCO4)c12. The van der Waals surface area contributed by atoms with E-state index >= 15 is 0 Å². The molecule has 1 N–H and O–H groups in total. The first kappa shape index (κ1) is 15.4. The molecule has 3 heterocycles. The maximum absolute atomic E-state index is 5.45. The number of methoxy groups -OCH3 is 1. The topological polar surface area (TPSA) is 91.5 Å². The fourth-order valence-electron chi connectivity index (χ4n) is 3.02. The molecule has 0 bridgehead atoms. The molecule has 8 heteroatoms. The average Bonchev–Trinajstić information content (AvgIpc) is 3.35. The molecule has 0 spiro atoms. The number of para-hydroxylation sites is 1. The molecule has 8 nitrogen and oxygen atoms in total. The van der Waals surface area contributed by atoms with Gasteiger partial charge in [0, 0.05) is 17.3 Å². The minimum absolute atomic E-state index is 0.222. The van der Waals surface area contributed by atoms with Crippen LogP contribution in [0.2, 0.25) is 0 Å². The summed E-state index contributed by atoms with van der Waals surface area (Å²) in [7, 11) is 1.61. The van der Waals surface area contributed by atoms with Crippen LogP contribution < -0.4 is 19.5 Å². The Bertz CT molecular complexity index is 1140. The van der Waals surface area contributed by atoms with Crippen LogP contribution in [-0.4, -0.2) is 29.0 Å². The van der Waals surface area contributed by atoms with Gasteiger partial charge in [-0.05, 0) is 24.3 Å². The van der Waals surface area contributed by atoms with E-state index in [4.69, 9.17) is 18.7 Å². The lowest BCUT2D eigenvalue weighted by molar-refractivity contribution is 0.174. The second-order valence-corrected chi connectivity index (χ2v) is 5.83. The van der Waals surface area contributed by atoms with Crippen LogP contribution in [0.3, 0.4) is 0 Å². The van der Waals surface area contributed by atoms with Crippen LogP contribution >= 0.6 is 0 Å². The zero-order valence-corrected chi connectivity index (χ0v) is 14.3. The van der Waals surface area contributed by atoms with E-state index in [-0.39, 0.29) is 6.79 Å². The van der Waals surface area contributed by atoms with Gasteiger partial charge in [0.2, 0.25) is 6.79 Å². The van der Waals surface area contributed by atoms with Crippen molar-refractivity contribution in [1.82, 2.24) is 15.1 Å².